The molecule has 1 aromatic heterocycles. The molecular formula is C23H21BrN4O5S. The molecule has 0 saturated carbocycles. The lowest BCUT2D eigenvalue weighted by molar-refractivity contribution is -0.139. The Morgan fingerprint density at radius 1 is 1.09 bits per heavy atom. The predicted octanol–water partition coefficient (Wildman–Crippen LogP) is 3.28. The number of nitrogens with zero attached hydrogens (tertiary/aromatic N) is 1. The van der Waals surface area contributed by atoms with Gasteiger partial charge in [0.25, 0.3) is 17.7 Å². The molecule has 1 heterocycles. The van der Waals surface area contributed by atoms with Crippen LogP contribution in [0.4, 0.5) is 5.69 Å². The van der Waals surface area contributed by atoms with E-state index in [1.54, 1.807) is 29.6 Å². The number of carbonyl (C=O) groups excluding carboxylic acids is 3. The zero-order chi connectivity index (χ0) is 24.8. The summed E-state index contributed by atoms with van der Waals surface area (Å²) in [5, 5.41) is 14.3. The molecule has 11 heteroatoms. The molecular weight excluding hydrogens is 524 g/mol. The Bertz CT molecular complexity index is 1230. The molecule has 0 unspecified atom stereocenters. The van der Waals surface area contributed by atoms with Gasteiger partial charge in [-0.3, -0.25) is 19.2 Å². The fraction of sp³-hybridized carbons (Fsp3) is 0.130. The molecule has 3 rings (SSSR count). The molecule has 0 aliphatic carbocycles. The number of anilines is 1. The van der Waals surface area contributed by atoms with E-state index < -0.39 is 23.8 Å². The Kier molecular flexibility index (Phi) is 8.16. The van der Waals surface area contributed by atoms with Crippen molar-refractivity contribution in [3.63, 3.8) is 0 Å². The first-order valence-electron chi connectivity index (χ1n) is 10.0. The van der Waals surface area contributed by atoms with E-state index in [9.17, 15) is 24.3 Å². The van der Waals surface area contributed by atoms with Gasteiger partial charge in [0.2, 0.25) is 0 Å². The number of hydrogen-bond acceptors (Lipinski definition) is 7. The van der Waals surface area contributed by atoms with Crippen molar-refractivity contribution < 1.29 is 24.3 Å². The van der Waals surface area contributed by atoms with Crippen LogP contribution in [0.25, 0.3) is 0 Å². The normalized spacial score (nSPS) is 11.5. The number of carbonyl (C=O) groups is 4. The van der Waals surface area contributed by atoms with Gasteiger partial charge in [-0.25, -0.2) is 10.4 Å². The smallest absolute Gasteiger partial charge is 0.322 e. The summed E-state index contributed by atoms with van der Waals surface area (Å²) in [5.41, 5.74) is 9.97. The van der Waals surface area contributed by atoms with Gasteiger partial charge in [0, 0.05) is 22.3 Å². The Hall–Kier alpha value is -3.54. The Balaban J connectivity index is 1.79. The molecule has 1 atom stereocenters. The highest BCUT2D eigenvalue weighted by Crippen LogP contribution is 2.22. The molecule has 0 aliphatic heterocycles. The van der Waals surface area contributed by atoms with Gasteiger partial charge < -0.3 is 16.2 Å². The zero-order valence-corrected chi connectivity index (χ0v) is 20.4. The number of nitrogens with two attached hydrogens (primary N) is 1. The van der Waals surface area contributed by atoms with Gasteiger partial charge in [0.05, 0.1) is 10.4 Å². The van der Waals surface area contributed by atoms with Crippen LogP contribution in [0.15, 0.2) is 64.5 Å². The van der Waals surface area contributed by atoms with Crippen molar-refractivity contribution >= 4 is 56.6 Å². The number of halogens is 1. The second-order valence-electron chi connectivity index (χ2n) is 7.23. The molecule has 176 valence electrons. The number of imide groups is 1. The second-order valence-corrected chi connectivity index (χ2v) is 9.04. The third kappa shape index (κ3) is 6.07. The summed E-state index contributed by atoms with van der Waals surface area (Å²) in [5.74, 6) is -3.07. The van der Waals surface area contributed by atoms with Crippen LogP contribution in [0.1, 0.15) is 42.9 Å². The van der Waals surface area contributed by atoms with Crippen LogP contribution >= 0.6 is 27.3 Å². The van der Waals surface area contributed by atoms with Crippen LogP contribution in [0.5, 0.6) is 0 Å². The van der Waals surface area contributed by atoms with Gasteiger partial charge in [-0.1, -0.05) is 18.2 Å². The number of amides is 3. The van der Waals surface area contributed by atoms with Crippen LogP contribution in [-0.4, -0.2) is 39.8 Å². The number of hydrogen-bond donors (Lipinski definition) is 4. The SMILES string of the molecule is C[C@H](NN(C(=O)c1cccs1)C(=O)c1ccc(C(=O)NCc2cccc(N)c2)cc1Br)C(=O)O. The van der Waals surface area contributed by atoms with Gasteiger partial charge in [0.15, 0.2) is 0 Å². The lowest BCUT2D eigenvalue weighted by Crippen LogP contribution is -2.52. The number of hydrazine groups is 1. The first-order valence-corrected chi connectivity index (χ1v) is 11.7. The molecule has 5 N–H and O–H groups in total. The molecule has 0 saturated heterocycles. The minimum Gasteiger partial charge on any atom is -0.480 e. The van der Waals surface area contributed by atoms with Crippen LogP contribution < -0.4 is 16.5 Å². The summed E-state index contributed by atoms with van der Waals surface area (Å²) in [6.45, 7) is 1.58. The van der Waals surface area contributed by atoms with Crippen molar-refractivity contribution in [2.24, 2.45) is 0 Å². The number of nitrogens with one attached hydrogen (secondary N) is 2. The number of nitrogen functional groups attached to an aromatic ring is 1. The number of benzene rings is 2. The van der Waals surface area contributed by atoms with E-state index in [0.29, 0.717) is 10.7 Å². The van der Waals surface area contributed by atoms with Crippen molar-refractivity contribution in [3.05, 3.63) is 86.0 Å². The lowest BCUT2D eigenvalue weighted by atomic mass is 10.1. The molecule has 9 nitrogen and oxygen atoms in total. The Morgan fingerprint density at radius 2 is 1.85 bits per heavy atom. The summed E-state index contributed by atoms with van der Waals surface area (Å²) in [6.07, 6.45) is 0. The quantitative estimate of drug-likeness (QED) is 0.193. The standard InChI is InChI=1S/C23H21BrN4O5S/c1-13(23(32)33)27-28(22(31)19-6-3-9-34-19)21(30)17-8-7-15(11-18(17)24)20(29)26-12-14-4-2-5-16(25)10-14/h2-11,13,27H,12,25H2,1H3,(H,26,29)(H,32,33)/t13-/m0/s1. The third-order valence-corrected chi connectivity index (χ3v) is 6.21. The Labute approximate surface area is 207 Å². The molecule has 0 radical (unpaired) electrons. The molecule has 0 aliphatic rings. The minimum atomic E-state index is -1.23. The van der Waals surface area contributed by atoms with Crippen LogP contribution in [0.3, 0.4) is 0 Å². The van der Waals surface area contributed by atoms with Crippen molar-refractivity contribution in [1.29, 1.82) is 0 Å². The average molecular weight is 545 g/mol. The van der Waals surface area contributed by atoms with Gasteiger partial charge in [-0.05, 0) is 70.2 Å². The van der Waals surface area contributed by atoms with E-state index in [1.165, 1.54) is 31.2 Å². The number of rotatable bonds is 8. The highest BCUT2D eigenvalue weighted by Gasteiger charge is 2.29. The van der Waals surface area contributed by atoms with Crippen molar-refractivity contribution in [2.75, 3.05) is 5.73 Å². The summed E-state index contributed by atoms with van der Waals surface area (Å²) in [7, 11) is 0. The van der Waals surface area contributed by atoms with E-state index >= 15 is 0 Å². The molecule has 0 bridgehead atoms. The highest BCUT2D eigenvalue weighted by molar-refractivity contribution is 9.10. The van der Waals surface area contributed by atoms with Gasteiger partial charge in [-0.15, -0.1) is 11.3 Å². The van der Waals surface area contributed by atoms with Gasteiger partial charge in [-0.2, -0.15) is 0 Å². The van der Waals surface area contributed by atoms with Crippen molar-refractivity contribution in [2.45, 2.75) is 19.5 Å². The average Bonchev–Trinajstić information content (AvgIpc) is 3.35. The fourth-order valence-electron chi connectivity index (χ4n) is 2.91. The summed E-state index contributed by atoms with van der Waals surface area (Å²) in [6, 6.07) is 13.4. The molecule has 0 spiro atoms. The first kappa shape index (κ1) is 25.1. The number of carboxylic acids is 1. The van der Waals surface area contributed by atoms with E-state index in [0.717, 1.165) is 16.9 Å². The number of carboxylic acid groups (broad SMARTS) is 1. The molecule has 3 amide bonds. The number of aliphatic carboxylic acids is 1. The first-order chi connectivity index (χ1) is 16.2. The molecule has 2 aromatic carbocycles. The van der Waals surface area contributed by atoms with Gasteiger partial charge >= 0.3 is 5.97 Å². The summed E-state index contributed by atoms with van der Waals surface area (Å²) >= 11 is 4.41. The molecule has 3 aromatic rings. The zero-order valence-electron chi connectivity index (χ0n) is 17.9. The van der Waals surface area contributed by atoms with Crippen LogP contribution in [0.2, 0.25) is 0 Å². The highest BCUT2D eigenvalue weighted by atomic mass is 79.9. The van der Waals surface area contributed by atoms with E-state index in [4.69, 9.17) is 5.73 Å². The third-order valence-electron chi connectivity index (χ3n) is 4.70. The molecule has 34 heavy (non-hydrogen) atoms. The minimum absolute atomic E-state index is 0.0716. The van der Waals surface area contributed by atoms with Crippen molar-refractivity contribution in [1.82, 2.24) is 15.8 Å². The summed E-state index contributed by atoms with van der Waals surface area (Å²) < 4.78 is 0.267. The second kappa shape index (κ2) is 11.1. The topological polar surface area (TPSA) is 142 Å². The van der Waals surface area contributed by atoms with Crippen LogP contribution in [-0.2, 0) is 11.3 Å². The Morgan fingerprint density at radius 3 is 2.47 bits per heavy atom. The fourth-order valence-corrected chi connectivity index (χ4v) is 4.11. The number of thiophene rings is 1. The largest absolute Gasteiger partial charge is 0.480 e. The monoisotopic (exact) mass is 544 g/mol. The van der Waals surface area contributed by atoms with E-state index in [1.807, 2.05) is 6.07 Å². The summed E-state index contributed by atoms with van der Waals surface area (Å²) in [4.78, 5) is 50.2. The van der Waals surface area contributed by atoms with Crippen LogP contribution in [0, 0.1) is 0 Å². The maximum absolute atomic E-state index is 13.2. The van der Waals surface area contributed by atoms with E-state index in [2.05, 4.69) is 26.7 Å². The maximum Gasteiger partial charge on any atom is 0.322 e. The van der Waals surface area contributed by atoms with E-state index in [-0.39, 0.29) is 32.9 Å². The van der Waals surface area contributed by atoms with Crippen molar-refractivity contribution in [3.8, 4) is 0 Å². The molecule has 0 fully saturated rings. The maximum atomic E-state index is 13.2. The lowest BCUT2D eigenvalue weighted by Gasteiger charge is -2.24. The predicted molar refractivity (Wildman–Crippen MR) is 131 cm³/mol. The van der Waals surface area contributed by atoms with Gasteiger partial charge in [0.1, 0.15) is 6.04 Å².